The number of carbonyl (C=O) groups is 2. The number of hydrogen-bond acceptors (Lipinski definition) is 5. The van der Waals surface area contributed by atoms with Crippen LogP contribution in [0, 0.1) is 0 Å². The van der Waals surface area contributed by atoms with Crippen molar-refractivity contribution < 1.29 is 22.7 Å². The third kappa shape index (κ3) is 6.89. The molecule has 0 saturated carbocycles. The van der Waals surface area contributed by atoms with E-state index >= 15 is 0 Å². The van der Waals surface area contributed by atoms with Gasteiger partial charge < -0.3 is 19.5 Å². The van der Waals surface area contributed by atoms with Crippen molar-refractivity contribution >= 4 is 21.8 Å². The normalized spacial score (nSPS) is 17.2. The summed E-state index contributed by atoms with van der Waals surface area (Å²) < 4.78 is 31.8. The first-order valence-electron chi connectivity index (χ1n) is 12.0. The Balaban J connectivity index is 1.69. The molecule has 1 aromatic heterocycles. The second kappa shape index (κ2) is 10.6. The van der Waals surface area contributed by atoms with Crippen molar-refractivity contribution in [2.24, 2.45) is 0 Å². The molecule has 4 rings (SSSR count). The van der Waals surface area contributed by atoms with Gasteiger partial charge in [0.05, 0.1) is 11.8 Å². The van der Waals surface area contributed by atoms with E-state index in [9.17, 15) is 18.0 Å². The zero-order valence-corrected chi connectivity index (χ0v) is 21.9. The van der Waals surface area contributed by atoms with Crippen molar-refractivity contribution in [3.05, 3.63) is 102 Å². The van der Waals surface area contributed by atoms with E-state index in [2.05, 4.69) is 5.32 Å². The largest absolute Gasteiger partial charge is 0.444 e. The molecule has 37 heavy (non-hydrogen) atoms. The number of amides is 2. The van der Waals surface area contributed by atoms with E-state index in [1.807, 2.05) is 71.6 Å². The highest BCUT2D eigenvalue weighted by atomic mass is 32.2. The zero-order chi connectivity index (χ0) is 26.6. The van der Waals surface area contributed by atoms with Gasteiger partial charge in [0.15, 0.2) is 9.84 Å². The molecule has 1 N–H and O–H groups in total. The Bertz CT molecular complexity index is 1360. The van der Waals surface area contributed by atoms with Gasteiger partial charge in [0.25, 0.3) is 5.91 Å². The summed E-state index contributed by atoms with van der Waals surface area (Å²) in [7, 11) is -3.42. The van der Waals surface area contributed by atoms with Crippen LogP contribution in [0.25, 0.3) is 5.69 Å². The second-order valence-corrected chi connectivity index (χ2v) is 11.9. The standard InChI is InChI=1S/C28H31N3O5S/c1-28(2,3)36-27(33)29-25(22-11-13-23(14-12-22)30-16-7-8-17-30)26(32)31(19-21-9-5-4-6-10-21)24-15-18-37(34,35)20-24/h4-18,24-25H,19-20H2,1-3H3,(H,29,33). The van der Waals surface area contributed by atoms with Gasteiger partial charge in [-0.25, -0.2) is 13.2 Å². The topological polar surface area (TPSA) is 97.7 Å². The number of nitrogens with zero attached hydrogens (tertiary/aromatic N) is 2. The first kappa shape index (κ1) is 26.2. The highest BCUT2D eigenvalue weighted by Gasteiger charge is 2.36. The molecule has 0 aliphatic carbocycles. The summed E-state index contributed by atoms with van der Waals surface area (Å²) in [5, 5.41) is 3.87. The van der Waals surface area contributed by atoms with Crippen LogP contribution in [-0.2, 0) is 25.9 Å². The number of sulfone groups is 1. The molecule has 1 aliphatic rings. The summed E-state index contributed by atoms with van der Waals surface area (Å²) in [5.74, 6) is -0.646. The lowest BCUT2D eigenvalue weighted by Gasteiger charge is -2.32. The van der Waals surface area contributed by atoms with Gasteiger partial charge in [-0.3, -0.25) is 4.79 Å². The summed E-state index contributed by atoms with van der Waals surface area (Å²) in [6.07, 6.45) is 4.60. The second-order valence-electron chi connectivity index (χ2n) is 9.94. The van der Waals surface area contributed by atoms with Crippen LogP contribution in [0.15, 0.2) is 90.6 Å². The van der Waals surface area contributed by atoms with E-state index in [4.69, 9.17) is 4.74 Å². The molecule has 8 nitrogen and oxygen atoms in total. The van der Waals surface area contributed by atoms with Gasteiger partial charge in [0.2, 0.25) is 0 Å². The van der Waals surface area contributed by atoms with Crippen LogP contribution in [0.1, 0.15) is 37.9 Å². The molecule has 3 aromatic rings. The van der Waals surface area contributed by atoms with Gasteiger partial charge in [-0.1, -0.05) is 42.5 Å². The lowest BCUT2D eigenvalue weighted by molar-refractivity contribution is -0.135. The van der Waals surface area contributed by atoms with Crippen molar-refractivity contribution in [3.8, 4) is 5.69 Å². The summed E-state index contributed by atoms with van der Waals surface area (Å²) >= 11 is 0. The molecular formula is C28H31N3O5S. The third-order valence-electron chi connectivity index (χ3n) is 5.83. The molecule has 194 valence electrons. The Morgan fingerprint density at radius 2 is 1.68 bits per heavy atom. The number of nitrogens with one attached hydrogen (secondary N) is 1. The Kier molecular flexibility index (Phi) is 7.54. The maximum Gasteiger partial charge on any atom is 0.408 e. The number of ether oxygens (including phenoxy) is 1. The van der Waals surface area contributed by atoms with Crippen LogP contribution < -0.4 is 5.32 Å². The zero-order valence-electron chi connectivity index (χ0n) is 21.1. The quantitative estimate of drug-likeness (QED) is 0.498. The van der Waals surface area contributed by atoms with Crippen molar-refractivity contribution in [2.75, 3.05) is 5.75 Å². The fraction of sp³-hybridized carbons (Fsp3) is 0.286. The van der Waals surface area contributed by atoms with E-state index in [0.29, 0.717) is 5.56 Å². The maximum atomic E-state index is 14.1. The Hall–Kier alpha value is -3.85. The van der Waals surface area contributed by atoms with E-state index in [1.54, 1.807) is 32.9 Å². The smallest absolute Gasteiger partial charge is 0.408 e. The summed E-state index contributed by atoms with van der Waals surface area (Å²) in [6.45, 7) is 5.40. The van der Waals surface area contributed by atoms with Crippen LogP contribution in [0.2, 0.25) is 0 Å². The first-order chi connectivity index (χ1) is 17.5. The van der Waals surface area contributed by atoms with Gasteiger partial charge in [0, 0.05) is 30.0 Å². The molecular weight excluding hydrogens is 490 g/mol. The average Bonchev–Trinajstić information content (AvgIpc) is 3.50. The fourth-order valence-electron chi connectivity index (χ4n) is 4.12. The van der Waals surface area contributed by atoms with Crippen LogP contribution >= 0.6 is 0 Å². The first-order valence-corrected chi connectivity index (χ1v) is 13.7. The van der Waals surface area contributed by atoms with E-state index in [1.165, 1.54) is 11.0 Å². The molecule has 2 aromatic carbocycles. The van der Waals surface area contributed by atoms with Crippen molar-refractivity contribution in [3.63, 3.8) is 0 Å². The van der Waals surface area contributed by atoms with E-state index in [0.717, 1.165) is 16.7 Å². The fourth-order valence-corrected chi connectivity index (χ4v) is 5.42. The number of benzene rings is 2. The minimum absolute atomic E-state index is 0.179. The van der Waals surface area contributed by atoms with E-state index in [-0.39, 0.29) is 12.3 Å². The molecule has 2 atom stereocenters. The van der Waals surface area contributed by atoms with Gasteiger partial charge in [0.1, 0.15) is 11.6 Å². The molecule has 1 aliphatic heterocycles. The van der Waals surface area contributed by atoms with Gasteiger partial charge in [-0.2, -0.15) is 0 Å². The minimum atomic E-state index is -3.42. The number of alkyl carbamates (subject to hydrolysis) is 1. The predicted molar refractivity (Wildman–Crippen MR) is 142 cm³/mol. The Morgan fingerprint density at radius 3 is 2.24 bits per heavy atom. The van der Waals surface area contributed by atoms with Crippen LogP contribution in [0.3, 0.4) is 0 Å². The minimum Gasteiger partial charge on any atom is -0.444 e. The monoisotopic (exact) mass is 521 g/mol. The molecule has 0 bridgehead atoms. The highest BCUT2D eigenvalue weighted by molar-refractivity contribution is 7.94. The lowest BCUT2D eigenvalue weighted by atomic mass is 10.0. The number of rotatable bonds is 7. The number of aromatic nitrogens is 1. The van der Waals surface area contributed by atoms with E-state index < -0.39 is 39.5 Å². The Labute approximate surface area is 217 Å². The van der Waals surface area contributed by atoms with Crippen LogP contribution in [0.4, 0.5) is 4.79 Å². The van der Waals surface area contributed by atoms with Crippen molar-refractivity contribution in [1.82, 2.24) is 14.8 Å². The van der Waals surface area contributed by atoms with Crippen LogP contribution in [0.5, 0.6) is 0 Å². The van der Waals surface area contributed by atoms with Crippen LogP contribution in [-0.4, -0.2) is 47.3 Å². The lowest BCUT2D eigenvalue weighted by Crippen LogP contribution is -2.48. The maximum absolute atomic E-state index is 14.1. The van der Waals surface area contributed by atoms with Crippen molar-refractivity contribution in [1.29, 1.82) is 0 Å². The number of carbonyl (C=O) groups excluding carboxylic acids is 2. The summed E-state index contributed by atoms with van der Waals surface area (Å²) in [6, 6.07) is 18.7. The molecule has 0 saturated heterocycles. The average molecular weight is 522 g/mol. The molecule has 2 heterocycles. The molecule has 2 amide bonds. The van der Waals surface area contributed by atoms with Gasteiger partial charge in [-0.05, 0) is 62.2 Å². The molecule has 2 unspecified atom stereocenters. The summed E-state index contributed by atoms with van der Waals surface area (Å²) in [4.78, 5) is 28.4. The summed E-state index contributed by atoms with van der Waals surface area (Å²) in [5.41, 5.74) is 1.52. The third-order valence-corrected chi connectivity index (χ3v) is 7.21. The molecule has 9 heteroatoms. The predicted octanol–water partition coefficient (Wildman–Crippen LogP) is 4.38. The number of hydrogen-bond donors (Lipinski definition) is 1. The van der Waals surface area contributed by atoms with Crippen molar-refractivity contribution in [2.45, 2.75) is 45.0 Å². The molecule has 0 spiro atoms. The molecule has 0 radical (unpaired) electrons. The molecule has 0 fully saturated rings. The highest BCUT2D eigenvalue weighted by Crippen LogP contribution is 2.25. The Morgan fingerprint density at radius 1 is 1.03 bits per heavy atom. The SMILES string of the molecule is CC(C)(C)OC(=O)NC(C(=O)N(Cc1ccccc1)C1C=CS(=O)(=O)C1)c1ccc(-n2cccc2)cc1. The van der Waals surface area contributed by atoms with Gasteiger partial charge in [-0.15, -0.1) is 0 Å². The van der Waals surface area contributed by atoms with Gasteiger partial charge >= 0.3 is 6.09 Å².